The molecule has 6 rings (SSSR count). The Balaban J connectivity index is 1.16. The smallest absolute Gasteiger partial charge is 0.323 e. The first kappa shape index (κ1) is 24.2. The fraction of sp³-hybridized carbons (Fsp3) is 0.345. The van der Waals surface area contributed by atoms with Crippen molar-refractivity contribution in [3.05, 3.63) is 72.4 Å². The number of piperidine rings is 1. The third kappa shape index (κ3) is 4.76. The van der Waals surface area contributed by atoms with E-state index in [2.05, 4.69) is 48.4 Å². The number of halogens is 1. The molecule has 1 unspecified atom stereocenters. The maximum atomic E-state index is 14.8. The van der Waals surface area contributed by atoms with Gasteiger partial charge in [0.05, 0.1) is 11.1 Å². The number of para-hydroxylation sites is 1. The normalized spacial score (nSPS) is 19.6. The molecule has 4 aromatic rings. The first-order chi connectivity index (χ1) is 18.6. The molecule has 3 N–H and O–H groups in total. The third-order valence-corrected chi connectivity index (χ3v) is 7.76. The van der Waals surface area contributed by atoms with Crippen LogP contribution in [0, 0.1) is 5.82 Å². The second-order valence-electron chi connectivity index (χ2n) is 10.2. The van der Waals surface area contributed by atoms with E-state index < -0.39 is 11.8 Å². The Hall–Kier alpha value is -4.14. The van der Waals surface area contributed by atoms with Gasteiger partial charge in [-0.15, -0.1) is 0 Å². The average molecular weight is 514 g/mol. The molecule has 9 heteroatoms. The molecule has 0 aliphatic carbocycles. The molecule has 38 heavy (non-hydrogen) atoms. The molecular weight excluding hydrogens is 481 g/mol. The van der Waals surface area contributed by atoms with Crippen molar-refractivity contribution in [2.24, 2.45) is 0 Å². The van der Waals surface area contributed by atoms with Crippen molar-refractivity contribution in [1.29, 1.82) is 0 Å². The van der Waals surface area contributed by atoms with Crippen LogP contribution in [0.4, 0.5) is 32.1 Å². The molecular formula is C29H32FN7O. The van der Waals surface area contributed by atoms with Crippen LogP contribution < -0.4 is 20.4 Å². The average Bonchev–Trinajstić information content (AvgIpc) is 3.59. The Morgan fingerprint density at radius 3 is 2.79 bits per heavy atom. The van der Waals surface area contributed by atoms with Gasteiger partial charge in [0.1, 0.15) is 29.3 Å². The van der Waals surface area contributed by atoms with Gasteiger partial charge in [0.25, 0.3) is 0 Å². The zero-order valence-electron chi connectivity index (χ0n) is 21.5. The van der Waals surface area contributed by atoms with E-state index in [1.807, 2.05) is 36.5 Å². The minimum Gasteiger partial charge on any atom is -0.367 e. The molecule has 8 nitrogen and oxygen atoms in total. The van der Waals surface area contributed by atoms with Crippen molar-refractivity contribution in [2.45, 2.75) is 44.6 Å². The third-order valence-electron chi connectivity index (χ3n) is 7.76. The quantitative estimate of drug-likeness (QED) is 0.299. The molecule has 0 saturated carbocycles. The van der Waals surface area contributed by atoms with Gasteiger partial charge in [0.2, 0.25) is 0 Å². The van der Waals surface area contributed by atoms with Crippen LogP contribution in [0.3, 0.4) is 0 Å². The van der Waals surface area contributed by atoms with Crippen molar-refractivity contribution < 1.29 is 9.18 Å². The zero-order valence-corrected chi connectivity index (χ0v) is 21.5. The van der Waals surface area contributed by atoms with Crippen LogP contribution in [0.1, 0.15) is 44.1 Å². The summed E-state index contributed by atoms with van der Waals surface area (Å²) in [7, 11) is 0. The first-order valence-electron chi connectivity index (χ1n) is 13.3. The van der Waals surface area contributed by atoms with Gasteiger partial charge >= 0.3 is 6.03 Å². The van der Waals surface area contributed by atoms with Gasteiger partial charge in [-0.2, -0.15) is 0 Å². The summed E-state index contributed by atoms with van der Waals surface area (Å²) in [6, 6.07) is 14.8. The lowest BCUT2D eigenvalue weighted by Gasteiger charge is -2.34. The van der Waals surface area contributed by atoms with E-state index in [9.17, 15) is 9.18 Å². The van der Waals surface area contributed by atoms with E-state index in [1.54, 1.807) is 12.4 Å². The monoisotopic (exact) mass is 513 g/mol. The zero-order chi connectivity index (χ0) is 26.1. The predicted octanol–water partition coefficient (Wildman–Crippen LogP) is 6.11. The highest BCUT2D eigenvalue weighted by Gasteiger charge is 2.26. The number of nitrogens with zero attached hydrogens (tertiary/aromatic N) is 4. The number of aromatic nitrogens is 3. The number of benzene rings is 2. The van der Waals surface area contributed by atoms with Gasteiger partial charge in [0, 0.05) is 43.5 Å². The summed E-state index contributed by atoms with van der Waals surface area (Å²) < 4.78 is 14.8. The predicted molar refractivity (Wildman–Crippen MR) is 150 cm³/mol. The molecule has 2 aliphatic heterocycles. The summed E-state index contributed by atoms with van der Waals surface area (Å²) in [5, 5.41) is 6.71. The highest BCUT2D eigenvalue weighted by molar-refractivity contribution is 6.02. The summed E-state index contributed by atoms with van der Waals surface area (Å²) in [5.41, 5.74) is 3.62. The van der Waals surface area contributed by atoms with Crippen molar-refractivity contribution >= 4 is 39.9 Å². The summed E-state index contributed by atoms with van der Waals surface area (Å²) >= 11 is 0. The Kier molecular flexibility index (Phi) is 6.57. The van der Waals surface area contributed by atoms with Crippen molar-refractivity contribution in [3.8, 4) is 0 Å². The van der Waals surface area contributed by atoms with Crippen LogP contribution in [-0.2, 0) is 0 Å². The SMILES string of the molecule is C[C@@H]1CCCN1c1cccc(F)c1NC(=O)Nc1cccc(C2CCCN(c3ncnc4[nH]ccc34)C2)c1. The standard InChI is InChI=1S/C29H32FN7O/c1-19-6-4-15-37(19)25-11-3-10-24(30)26(25)35-29(38)34-22-9-2-7-20(16-22)21-8-5-14-36(17-21)28-23-12-13-31-27(23)32-18-33-28/h2-3,7,9-13,16,18-19,21H,4-6,8,14-15,17H2,1H3,(H,31,32,33)(H2,34,35,38)/t19-,21?/m1/s1. The van der Waals surface area contributed by atoms with Crippen molar-refractivity contribution in [2.75, 3.05) is 40.1 Å². The van der Waals surface area contributed by atoms with Gasteiger partial charge in [0.15, 0.2) is 0 Å². The van der Waals surface area contributed by atoms with Gasteiger partial charge in [-0.3, -0.25) is 0 Å². The van der Waals surface area contributed by atoms with E-state index >= 15 is 0 Å². The number of carbonyl (C=O) groups excluding carboxylic acids is 1. The largest absolute Gasteiger partial charge is 0.367 e. The molecule has 0 radical (unpaired) electrons. The van der Waals surface area contributed by atoms with Crippen LogP contribution in [0.5, 0.6) is 0 Å². The van der Waals surface area contributed by atoms with Gasteiger partial charge in [-0.05, 0) is 68.5 Å². The first-order valence-corrected chi connectivity index (χ1v) is 13.3. The minimum atomic E-state index is -0.457. The molecule has 4 heterocycles. The molecule has 0 spiro atoms. The number of fused-ring (bicyclic) bond motifs is 1. The van der Waals surface area contributed by atoms with Crippen molar-refractivity contribution in [3.63, 3.8) is 0 Å². The van der Waals surface area contributed by atoms with E-state index in [4.69, 9.17) is 0 Å². The molecule has 2 aliphatic rings. The number of aromatic amines is 1. The van der Waals surface area contributed by atoms with Crippen molar-refractivity contribution in [1.82, 2.24) is 15.0 Å². The van der Waals surface area contributed by atoms with E-state index in [0.29, 0.717) is 17.6 Å². The van der Waals surface area contributed by atoms with E-state index in [-0.39, 0.29) is 5.69 Å². The van der Waals surface area contributed by atoms with Crippen LogP contribution in [0.15, 0.2) is 61.1 Å². The topological polar surface area (TPSA) is 89.2 Å². The number of rotatable bonds is 5. The minimum absolute atomic E-state index is 0.221. The Morgan fingerprint density at radius 1 is 1.05 bits per heavy atom. The molecule has 2 saturated heterocycles. The number of hydrogen-bond donors (Lipinski definition) is 3. The van der Waals surface area contributed by atoms with Crippen LogP contribution in [-0.4, -0.2) is 46.7 Å². The maximum Gasteiger partial charge on any atom is 0.323 e. The van der Waals surface area contributed by atoms with Crippen LogP contribution in [0.25, 0.3) is 11.0 Å². The summed E-state index contributed by atoms with van der Waals surface area (Å²) in [6.45, 7) is 4.76. The summed E-state index contributed by atoms with van der Waals surface area (Å²) in [4.78, 5) is 29.5. The molecule has 2 aromatic heterocycles. The fourth-order valence-electron chi connectivity index (χ4n) is 5.87. The Labute approximate surface area is 221 Å². The van der Waals surface area contributed by atoms with Gasteiger partial charge < -0.3 is 25.4 Å². The molecule has 196 valence electrons. The molecule has 0 bridgehead atoms. The highest BCUT2D eigenvalue weighted by atomic mass is 19.1. The lowest BCUT2D eigenvalue weighted by molar-refractivity contribution is 0.262. The fourth-order valence-corrected chi connectivity index (χ4v) is 5.87. The second kappa shape index (κ2) is 10.3. The second-order valence-corrected chi connectivity index (χ2v) is 10.2. The Morgan fingerprint density at radius 2 is 1.92 bits per heavy atom. The summed E-state index contributed by atoms with van der Waals surface area (Å²) in [6.07, 6.45) is 7.71. The molecule has 2 amide bonds. The lowest BCUT2D eigenvalue weighted by atomic mass is 9.90. The van der Waals surface area contributed by atoms with E-state index in [1.165, 1.54) is 6.07 Å². The highest BCUT2D eigenvalue weighted by Crippen LogP contribution is 2.35. The van der Waals surface area contributed by atoms with Gasteiger partial charge in [-0.1, -0.05) is 18.2 Å². The van der Waals surface area contributed by atoms with Crippen LogP contribution in [0.2, 0.25) is 0 Å². The number of amides is 2. The number of nitrogens with one attached hydrogen (secondary N) is 3. The number of hydrogen-bond acceptors (Lipinski definition) is 5. The molecule has 2 atom stereocenters. The summed E-state index contributed by atoms with van der Waals surface area (Å²) in [5.74, 6) is 0.809. The number of carbonyl (C=O) groups is 1. The van der Waals surface area contributed by atoms with E-state index in [0.717, 1.165) is 73.4 Å². The molecule has 2 aromatic carbocycles. The lowest BCUT2D eigenvalue weighted by Crippen LogP contribution is -2.35. The van der Waals surface area contributed by atoms with Crippen LogP contribution >= 0.6 is 0 Å². The Bertz CT molecular complexity index is 1450. The molecule has 2 fully saturated rings. The number of anilines is 4. The number of H-pyrrole nitrogens is 1. The van der Waals surface area contributed by atoms with Gasteiger partial charge in [-0.25, -0.2) is 19.2 Å². The number of urea groups is 1. The maximum absolute atomic E-state index is 14.8.